The van der Waals surface area contributed by atoms with Gasteiger partial charge in [0.05, 0.1) is 13.2 Å². The number of esters is 1. The standard InChI is InChI=1S/C19H37NO4S/c1-6-7-8-9-10-11-13-23-17(21)16(12-14-25-5)20-18(22)24-15-19(2,3)4/h16H,6-15H2,1-5H3,(H,20,22). The SMILES string of the molecule is CCCCCCCCOC(=O)C(CCSC)NC(=O)OCC(C)(C)C. The zero-order chi connectivity index (χ0) is 19.1. The Bertz CT molecular complexity index is 369. The van der Waals surface area contributed by atoms with Crippen molar-refractivity contribution in [3.8, 4) is 0 Å². The molecule has 1 N–H and O–H groups in total. The van der Waals surface area contributed by atoms with Gasteiger partial charge in [-0.2, -0.15) is 11.8 Å². The molecule has 0 aliphatic rings. The number of amides is 1. The van der Waals surface area contributed by atoms with Crippen molar-refractivity contribution in [2.45, 2.75) is 78.7 Å². The first-order chi connectivity index (χ1) is 11.8. The number of thioether (sulfide) groups is 1. The minimum atomic E-state index is -0.639. The molecule has 6 heteroatoms. The fourth-order valence-corrected chi connectivity index (χ4v) is 2.58. The van der Waals surface area contributed by atoms with E-state index in [0.717, 1.165) is 18.6 Å². The number of hydrogen-bond donors (Lipinski definition) is 1. The number of hydrogen-bond acceptors (Lipinski definition) is 5. The van der Waals surface area contributed by atoms with Crippen LogP contribution in [0.25, 0.3) is 0 Å². The number of unbranched alkanes of at least 4 members (excludes halogenated alkanes) is 5. The number of carbonyl (C=O) groups excluding carboxylic acids is 2. The zero-order valence-corrected chi connectivity index (χ0v) is 17.5. The van der Waals surface area contributed by atoms with Crippen LogP contribution in [0.5, 0.6) is 0 Å². The quantitative estimate of drug-likeness (QED) is 0.370. The summed E-state index contributed by atoms with van der Waals surface area (Å²) in [4.78, 5) is 24.1. The second-order valence-corrected chi connectivity index (χ2v) is 8.54. The van der Waals surface area contributed by atoms with Crippen molar-refractivity contribution < 1.29 is 19.1 Å². The van der Waals surface area contributed by atoms with E-state index < -0.39 is 12.1 Å². The van der Waals surface area contributed by atoms with E-state index in [1.807, 2.05) is 27.0 Å². The first-order valence-corrected chi connectivity index (χ1v) is 10.8. The molecule has 0 aromatic heterocycles. The minimum absolute atomic E-state index is 0.107. The molecule has 1 unspecified atom stereocenters. The number of ether oxygens (including phenoxy) is 2. The van der Waals surface area contributed by atoms with Crippen LogP contribution in [0.2, 0.25) is 0 Å². The Balaban J connectivity index is 4.17. The Morgan fingerprint density at radius 2 is 1.68 bits per heavy atom. The Labute approximate surface area is 158 Å². The molecule has 0 aliphatic heterocycles. The lowest BCUT2D eigenvalue weighted by atomic mass is 9.99. The summed E-state index contributed by atoms with van der Waals surface area (Å²) in [6.45, 7) is 8.87. The molecule has 1 amide bonds. The summed E-state index contributed by atoms with van der Waals surface area (Å²) in [5.41, 5.74) is -0.107. The van der Waals surface area contributed by atoms with Crippen molar-refractivity contribution in [1.29, 1.82) is 0 Å². The van der Waals surface area contributed by atoms with E-state index in [4.69, 9.17) is 9.47 Å². The van der Waals surface area contributed by atoms with Gasteiger partial charge in [-0.25, -0.2) is 9.59 Å². The van der Waals surface area contributed by atoms with Gasteiger partial charge in [-0.05, 0) is 30.3 Å². The van der Waals surface area contributed by atoms with Crippen LogP contribution in [-0.2, 0) is 14.3 Å². The Morgan fingerprint density at radius 1 is 1.04 bits per heavy atom. The van der Waals surface area contributed by atoms with Crippen molar-refractivity contribution in [2.75, 3.05) is 25.2 Å². The van der Waals surface area contributed by atoms with Crippen LogP contribution in [-0.4, -0.2) is 43.3 Å². The number of nitrogens with one attached hydrogen (secondary N) is 1. The van der Waals surface area contributed by atoms with Crippen LogP contribution in [0.15, 0.2) is 0 Å². The molecule has 148 valence electrons. The minimum Gasteiger partial charge on any atom is -0.464 e. The maximum absolute atomic E-state index is 12.2. The third kappa shape index (κ3) is 15.1. The van der Waals surface area contributed by atoms with Gasteiger partial charge in [0.1, 0.15) is 6.04 Å². The average molecular weight is 376 g/mol. The summed E-state index contributed by atoms with van der Waals surface area (Å²) in [5.74, 6) is 0.409. The van der Waals surface area contributed by atoms with Crippen LogP contribution in [0.4, 0.5) is 4.79 Å². The summed E-state index contributed by atoms with van der Waals surface area (Å²) in [6.07, 6.45) is 8.80. The number of alkyl carbamates (subject to hydrolysis) is 1. The summed E-state index contributed by atoms with van der Waals surface area (Å²) in [5, 5.41) is 2.64. The molecule has 0 radical (unpaired) electrons. The first-order valence-electron chi connectivity index (χ1n) is 9.39. The van der Waals surface area contributed by atoms with Crippen molar-refractivity contribution in [3.05, 3.63) is 0 Å². The summed E-state index contributed by atoms with van der Waals surface area (Å²) >= 11 is 1.63. The van der Waals surface area contributed by atoms with E-state index >= 15 is 0 Å². The normalized spacial score (nSPS) is 12.5. The molecule has 0 aromatic rings. The van der Waals surface area contributed by atoms with E-state index in [2.05, 4.69) is 12.2 Å². The highest BCUT2D eigenvalue weighted by Gasteiger charge is 2.23. The lowest BCUT2D eigenvalue weighted by Crippen LogP contribution is -2.43. The zero-order valence-electron chi connectivity index (χ0n) is 16.7. The molecule has 0 saturated heterocycles. The van der Waals surface area contributed by atoms with E-state index in [-0.39, 0.29) is 11.4 Å². The number of rotatable bonds is 13. The second kappa shape index (κ2) is 14.3. The summed E-state index contributed by atoms with van der Waals surface area (Å²) in [6, 6.07) is -0.639. The van der Waals surface area contributed by atoms with Crippen LogP contribution < -0.4 is 5.32 Å². The molecule has 0 fully saturated rings. The van der Waals surface area contributed by atoms with Gasteiger partial charge in [-0.15, -0.1) is 0 Å². The molecule has 0 aliphatic carbocycles. The lowest BCUT2D eigenvalue weighted by molar-refractivity contribution is -0.146. The molecule has 0 heterocycles. The van der Waals surface area contributed by atoms with Gasteiger partial charge in [0.2, 0.25) is 0 Å². The molecule has 25 heavy (non-hydrogen) atoms. The molecular weight excluding hydrogens is 338 g/mol. The van der Waals surface area contributed by atoms with E-state index in [9.17, 15) is 9.59 Å². The van der Waals surface area contributed by atoms with E-state index in [1.165, 1.54) is 25.7 Å². The van der Waals surface area contributed by atoms with Crippen LogP contribution in [0, 0.1) is 5.41 Å². The Kier molecular flexibility index (Phi) is 13.8. The molecule has 5 nitrogen and oxygen atoms in total. The van der Waals surface area contributed by atoms with Crippen molar-refractivity contribution in [3.63, 3.8) is 0 Å². The predicted molar refractivity (Wildman–Crippen MR) is 105 cm³/mol. The average Bonchev–Trinajstić information content (AvgIpc) is 2.55. The van der Waals surface area contributed by atoms with Gasteiger partial charge in [0.15, 0.2) is 0 Å². The highest BCUT2D eigenvalue weighted by atomic mass is 32.2. The van der Waals surface area contributed by atoms with E-state index in [0.29, 0.717) is 19.6 Å². The van der Waals surface area contributed by atoms with Gasteiger partial charge in [-0.3, -0.25) is 0 Å². The van der Waals surface area contributed by atoms with Gasteiger partial charge in [0, 0.05) is 0 Å². The molecule has 0 bridgehead atoms. The van der Waals surface area contributed by atoms with Gasteiger partial charge in [-0.1, -0.05) is 59.8 Å². The fourth-order valence-electron chi connectivity index (χ4n) is 2.11. The third-order valence-corrected chi connectivity index (χ3v) is 4.21. The van der Waals surface area contributed by atoms with Gasteiger partial charge in [0.25, 0.3) is 0 Å². The summed E-state index contributed by atoms with van der Waals surface area (Å²) in [7, 11) is 0. The topological polar surface area (TPSA) is 64.6 Å². The monoisotopic (exact) mass is 375 g/mol. The molecule has 0 rings (SSSR count). The Hall–Kier alpha value is -0.910. The smallest absolute Gasteiger partial charge is 0.407 e. The van der Waals surface area contributed by atoms with Crippen LogP contribution in [0.1, 0.15) is 72.6 Å². The van der Waals surface area contributed by atoms with E-state index in [1.54, 1.807) is 11.8 Å². The molecule has 0 saturated carbocycles. The highest BCUT2D eigenvalue weighted by Crippen LogP contribution is 2.13. The van der Waals surface area contributed by atoms with Crippen molar-refractivity contribution >= 4 is 23.8 Å². The second-order valence-electron chi connectivity index (χ2n) is 7.55. The van der Waals surface area contributed by atoms with Gasteiger partial charge < -0.3 is 14.8 Å². The molecule has 1 atom stereocenters. The van der Waals surface area contributed by atoms with Crippen molar-refractivity contribution in [1.82, 2.24) is 5.32 Å². The number of carbonyl (C=O) groups is 2. The maximum atomic E-state index is 12.2. The highest BCUT2D eigenvalue weighted by molar-refractivity contribution is 7.98. The molecule has 0 spiro atoms. The first kappa shape index (κ1) is 24.1. The Morgan fingerprint density at radius 3 is 2.28 bits per heavy atom. The van der Waals surface area contributed by atoms with Gasteiger partial charge >= 0.3 is 12.1 Å². The predicted octanol–water partition coefficient (Wildman–Crippen LogP) is 4.78. The van der Waals surface area contributed by atoms with Crippen molar-refractivity contribution in [2.24, 2.45) is 5.41 Å². The van der Waals surface area contributed by atoms with Crippen LogP contribution in [0.3, 0.4) is 0 Å². The third-order valence-electron chi connectivity index (χ3n) is 3.57. The fraction of sp³-hybridized carbons (Fsp3) is 0.895. The molecule has 0 aromatic carbocycles. The summed E-state index contributed by atoms with van der Waals surface area (Å²) < 4.78 is 10.5. The lowest BCUT2D eigenvalue weighted by Gasteiger charge is -2.21. The van der Waals surface area contributed by atoms with Crippen LogP contribution >= 0.6 is 11.8 Å². The molecular formula is C19H37NO4S. The maximum Gasteiger partial charge on any atom is 0.407 e. The largest absolute Gasteiger partial charge is 0.464 e.